The third-order valence-corrected chi connectivity index (χ3v) is 3.92. The smallest absolute Gasteiger partial charge is 0.167 e. The monoisotopic (exact) mass is 281 g/mol. The van der Waals surface area contributed by atoms with Crippen molar-refractivity contribution in [3.05, 3.63) is 28.2 Å². The highest BCUT2D eigenvalue weighted by Crippen LogP contribution is 2.30. The van der Waals surface area contributed by atoms with Crippen LogP contribution >= 0.6 is 15.9 Å². The Kier molecular flexibility index (Phi) is 3.64. The molecule has 0 aliphatic heterocycles. The Balaban J connectivity index is 2.22. The molecule has 2 nitrogen and oxygen atoms in total. The fourth-order valence-electron chi connectivity index (χ4n) is 2.32. The van der Waals surface area contributed by atoms with Crippen molar-refractivity contribution >= 4 is 27.4 Å². The van der Waals surface area contributed by atoms with Crippen LogP contribution in [0.2, 0.25) is 0 Å². The van der Waals surface area contributed by atoms with Gasteiger partial charge in [0.05, 0.1) is 0 Å². The Labute approximate surface area is 104 Å². The lowest BCUT2D eigenvalue weighted by Gasteiger charge is -2.20. The van der Waals surface area contributed by atoms with E-state index in [1.165, 1.54) is 19.3 Å². The Morgan fingerprint density at radius 1 is 1.25 bits per heavy atom. The van der Waals surface area contributed by atoms with E-state index >= 15 is 0 Å². The number of halogens is 1. The van der Waals surface area contributed by atoms with Crippen LogP contribution in [0.1, 0.15) is 42.5 Å². The molecule has 0 radical (unpaired) electrons. The van der Waals surface area contributed by atoms with E-state index in [-0.39, 0.29) is 11.7 Å². The highest BCUT2D eigenvalue weighted by molar-refractivity contribution is 9.10. The second-order valence-electron chi connectivity index (χ2n) is 4.44. The molecular weight excluding hydrogens is 266 g/mol. The van der Waals surface area contributed by atoms with Gasteiger partial charge in [0, 0.05) is 21.6 Å². The molecule has 0 amide bonds. The molecule has 0 aromatic heterocycles. The first-order valence-electron chi connectivity index (χ1n) is 5.77. The van der Waals surface area contributed by atoms with Crippen LogP contribution in [0.15, 0.2) is 22.7 Å². The van der Waals surface area contributed by atoms with Gasteiger partial charge in [-0.15, -0.1) is 0 Å². The zero-order valence-corrected chi connectivity index (χ0v) is 10.8. The number of carbonyl (C=O) groups excluding carboxylic acids is 1. The van der Waals surface area contributed by atoms with E-state index in [1.807, 2.05) is 12.1 Å². The summed E-state index contributed by atoms with van der Waals surface area (Å²) in [6.07, 6.45) is 5.68. The van der Waals surface area contributed by atoms with Crippen molar-refractivity contribution in [3.8, 4) is 0 Å². The van der Waals surface area contributed by atoms with E-state index in [0.717, 1.165) is 22.9 Å². The van der Waals surface area contributed by atoms with Crippen LogP contribution < -0.4 is 5.73 Å². The summed E-state index contributed by atoms with van der Waals surface area (Å²) >= 11 is 3.42. The van der Waals surface area contributed by atoms with Gasteiger partial charge in [-0.1, -0.05) is 35.2 Å². The summed E-state index contributed by atoms with van der Waals surface area (Å²) in [6, 6.07) is 5.44. The highest BCUT2D eigenvalue weighted by Gasteiger charge is 2.23. The normalized spacial score (nSPS) is 17.3. The third kappa shape index (κ3) is 2.46. The third-order valence-electron chi connectivity index (χ3n) is 3.23. The SMILES string of the molecule is Nc1ccc(Br)c(C(=O)C2CCCCC2)c1. The van der Waals surface area contributed by atoms with E-state index in [1.54, 1.807) is 6.07 Å². The number of carbonyl (C=O) groups is 1. The molecule has 3 heteroatoms. The molecule has 1 saturated carbocycles. The van der Waals surface area contributed by atoms with Crippen molar-refractivity contribution in [3.63, 3.8) is 0 Å². The molecule has 1 aromatic carbocycles. The molecule has 0 spiro atoms. The first-order chi connectivity index (χ1) is 7.68. The maximum absolute atomic E-state index is 12.3. The lowest BCUT2D eigenvalue weighted by atomic mass is 9.84. The van der Waals surface area contributed by atoms with Gasteiger partial charge in [0.2, 0.25) is 0 Å². The number of nitrogen functional groups attached to an aromatic ring is 1. The topological polar surface area (TPSA) is 43.1 Å². The average molecular weight is 282 g/mol. The minimum absolute atomic E-state index is 0.201. The molecule has 2 rings (SSSR count). The zero-order chi connectivity index (χ0) is 11.5. The van der Waals surface area contributed by atoms with Crippen molar-refractivity contribution in [1.82, 2.24) is 0 Å². The van der Waals surface area contributed by atoms with Gasteiger partial charge in [-0.3, -0.25) is 4.79 Å². The van der Waals surface area contributed by atoms with Crippen molar-refractivity contribution in [2.75, 3.05) is 5.73 Å². The predicted octanol–water partition coefficient (Wildman–Crippen LogP) is 3.79. The van der Waals surface area contributed by atoms with Crippen LogP contribution in [0.4, 0.5) is 5.69 Å². The van der Waals surface area contributed by atoms with Crippen LogP contribution in [-0.2, 0) is 0 Å². The van der Waals surface area contributed by atoms with Gasteiger partial charge in [-0.05, 0) is 31.0 Å². The minimum atomic E-state index is 0.201. The van der Waals surface area contributed by atoms with Gasteiger partial charge < -0.3 is 5.73 Å². The van der Waals surface area contributed by atoms with Gasteiger partial charge in [-0.2, -0.15) is 0 Å². The van der Waals surface area contributed by atoms with Crippen LogP contribution in [0, 0.1) is 5.92 Å². The second kappa shape index (κ2) is 5.00. The summed E-state index contributed by atoms with van der Waals surface area (Å²) in [4.78, 5) is 12.3. The van der Waals surface area contributed by atoms with Crippen molar-refractivity contribution in [2.45, 2.75) is 32.1 Å². The maximum atomic E-state index is 12.3. The fourth-order valence-corrected chi connectivity index (χ4v) is 2.76. The van der Waals surface area contributed by atoms with Crippen molar-refractivity contribution in [2.24, 2.45) is 5.92 Å². The van der Waals surface area contributed by atoms with Gasteiger partial charge >= 0.3 is 0 Å². The van der Waals surface area contributed by atoms with E-state index in [4.69, 9.17) is 5.73 Å². The van der Waals surface area contributed by atoms with Gasteiger partial charge in [0.15, 0.2) is 5.78 Å². The average Bonchev–Trinajstić information content (AvgIpc) is 2.32. The minimum Gasteiger partial charge on any atom is -0.399 e. The summed E-state index contributed by atoms with van der Waals surface area (Å²) in [5.74, 6) is 0.450. The number of rotatable bonds is 2. The molecular formula is C13H16BrNO. The van der Waals surface area contributed by atoms with Crippen molar-refractivity contribution in [1.29, 1.82) is 0 Å². The van der Waals surface area contributed by atoms with Crippen LogP contribution in [0.3, 0.4) is 0 Å². The first-order valence-corrected chi connectivity index (χ1v) is 6.57. The van der Waals surface area contributed by atoms with Crippen molar-refractivity contribution < 1.29 is 4.79 Å². The molecule has 1 aromatic rings. The molecule has 1 aliphatic rings. The van der Waals surface area contributed by atoms with Crippen LogP contribution in [-0.4, -0.2) is 5.78 Å². The quantitative estimate of drug-likeness (QED) is 0.662. The Hall–Kier alpha value is -0.830. The lowest BCUT2D eigenvalue weighted by Crippen LogP contribution is -2.18. The molecule has 86 valence electrons. The number of hydrogen-bond acceptors (Lipinski definition) is 2. The molecule has 0 unspecified atom stereocenters. The van der Waals surface area contributed by atoms with E-state index in [0.29, 0.717) is 5.69 Å². The summed E-state index contributed by atoms with van der Waals surface area (Å²) in [7, 11) is 0. The molecule has 16 heavy (non-hydrogen) atoms. The summed E-state index contributed by atoms with van der Waals surface area (Å²) in [5, 5.41) is 0. The van der Waals surface area contributed by atoms with E-state index in [2.05, 4.69) is 15.9 Å². The standard InChI is InChI=1S/C13H16BrNO/c14-12-7-6-10(15)8-11(12)13(16)9-4-2-1-3-5-9/h6-9H,1-5,15H2. The summed E-state index contributed by atoms with van der Waals surface area (Å²) in [5.41, 5.74) is 7.12. The summed E-state index contributed by atoms with van der Waals surface area (Å²) < 4.78 is 0.859. The number of benzene rings is 1. The van der Waals surface area contributed by atoms with Gasteiger partial charge in [-0.25, -0.2) is 0 Å². The predicted molar refractivity (Wildman–Crippen MR) is 69.5 cm³/mol. The highest BCUT2D eigenvalue weighted by atomic mass is 79.9. The van der Waals surface area contributed by atoms with Crippen LogP contribution in [0.5, 0.6) is 0 Å². The zero-order valence-electron chi connectivity index (χ0n) is 9.21. The fraction of sp³-hybridized carbons (Fsp3) is 0.462. The molecule has 0 heterocycles. The Bertz CT molecular complexity index is 397. The van der Waals surface area contributed by atoms with Gasteiger partial charge in [0.25, 0.3) is 0 Å². The molecule has 0 bridgehead atoms. The number of ketones is 1. The number of nitrogens with two attached hydrogens (primary N) is 1. The molecule has 2 N–H and O–H groups in total. The lowest BCUT2D eigenvalue weighted by molar-refractivity contribution is 0.0889. The van der Waals surface area contributed by atoms with Crippen LogP contribution in [0.25, 0.3) is 0 Å². The van der Waals surface area contributed by atoms with Gasteiger partial charge in [0.1, 0.15) is 0 Å². The van der Waals surface area contributed by atoms with E-state index < -0.39 is 0 Å². The largest absolute Gasteiger partial charge is 0.399 e. The molecule has 0 atom stereocenters. The Morgan fingerprint density at radius 3 is 2.62 bits per heavy atom. The molecule has 1 fully saturated rings. The first kappa shape index (κ1) is 11.6. The van der Waals surface area contributed by atoms with E-state index in [9.17, 15) is 4.79 Å². The molecule has 0 saturated heterocycles. The summed E-state index contributed by atoms with van der Waals surface area (Å²) in [6.45, 7) is 0. The second-order valence-corrected chi connectivity index (χ2v) is 5.29. The Morgan fingerprint density at radius 2 is 1.94 bits per heavy atom. The number of Topliss-reactive ketones (excluding diaryl/α,β-unsaturated/α-hetero) is 1. The number of hydrogen-bond donors (Lipinski definition) is 1. The maximum Gasteiger partial charge on any atom is 0.167 e. The molecule has 1 aliphatic carbocycles. The number of anilines is 1.